The van der Waals surface area contributed by atoms with E-state index in [2.05, 4.69) is 27.6 Å². The third-order valence-corrected chi connectivity index (χ3v) is 4.09. The molecule has 0 saturated heterocycles. The summed E-state index contributed by atoms with van der Waals surface area (Å²) in [5.41, 5.74) is 0.0943. The number of carbonyl (C=O) groups is 1. The van der Waals surface area contributed by atoms with Crippen LogP contribution >= 0.6 is 34.8 Å². The Morgan fingerprint density at radius 2 is 2.00 bits per heavy atom. The highest BCUT2D eigenvalue weighted by molar-refractivity contribution is 14.1. The molecule has 0 radical (unpaired) electrons. The van der Waals surface area contributed by atoms with E-state index >= 15 is 0 Å². The predicted molar refractivity (Wildman–Crippen MR) is 92.2 cm³/mol. The van der Waals surface area contributed by atoms with Crippen molar-refractivity contribution in [2.45, 2.75) is 0 Å². The van der Waals surface area contributed by atoms with E-state index in [4.69, 9.17) is 12.2 Å². The van der Waals surface area contributed by atoms with Crippen molar-refractivity contribution in [3.8, 4) is 0 Å². The first kappa shape index (κ1) is 15.0. The van der Waals surface area contributed by atoms with Gasteiger partial charge in [0.25, 0.3) is 11.5 Å². The standard InChI is InChI=1S/C15H8FIN2O2S/c16-9-3-1-2-8(6-9)13(20)19-14(21)11-7-10(17)4-5-12(11)18-15(19)22/h1-7H,(H,18,22). The number of aromatic amines is 1. The highest BCUT2D eigenvalue weighted by atomic mass is 127. The molecule has 3 aromatic rings. The molecule has 0 amide bonds. The quantitative estimate of drug-likeness (QED) is 0.479. The Morgan fingerprint density at radius 3 is 2.73 bits per heavy atom. The third kappa shape index (κ3) is 2.61. The molecule has 0 unspecified atom stereocenters. The fourth-order valence-corrected chi connectivity index (χ4v) is 2.89. The average molecular weight is 426 g/mol. The van der Waals surface area contributed by atoms with E-state index in [0.717, 1.165) is 14.2 Å². The number of fused-ring (bicyclic) bond motifs is 1. The van der Waals surface area contributed by atoms with Gasteiger partial charge in [-0.25, -0.2) is 8.96 Å². The van der Waals surface area contributed by atoms with Crippen molar-refractivity contribution < 1.29 is 9.18 Å². The van der Waals surface area contributed by atoms with Crippen LogP contribution in [0.4, 0.5) is 4.39 Å². The second kappa shape index (κ2) is 5.73. The Morgan fingerprint density at radius 1 is 1.23 bits per heavy atom. The molecule has 0 bridgehead atoms. The number of carbonyl (C=O) groups excluding carboxylic acids is 1. The largest absolute Gasteiger partial charge is 0.331 e. The Kier molecular flexibility index (Phi) is 3.92. The van der Waals surface area contributed by atoms with Gasteiger partial charge in [-0.2, -0.15) is 0 Å². The summed E-state index contributed by atoms with van der Waals surface area (Å²) >= 11 is 7.18. The summed E-state index contributed by atoms with van der Waals surface area (Å²) < 4.78 is 15.0. The SMILES string of the molecule is O=C(c1cccc(F)c1)n1c(=S)[nH]c2ccc(I)cc2c1=O. The highest BCUT2D eigenvalue weighted by Gasteiger charge is 2.15. The molecule has 22 heavy (non-hydrogen) atoms. The van der Waals surface area contributed by atoms with Gasteiger partial charge in [-0.3, -0.25) is 9.59 Å². The summed E-state index contributed by atoms with van der Waals surface area (Å²) in [5.74, 6) is -1.21. The lowest BCUT2D eigenvalue weighted by Gasteiger charge is -2.07. The van der Waals surface area contributed by atoms with Crippen LogP contribution in [0.1, 0.15) is 10.4 Å². The maximum Gasteiger partial charge on any atom is 0.269 e. The number of hydrogen-bond acceptors (Lipinski definition) is 3. The van der Waals surface area contributed by atoms with Gasteiger partial charge in [-0.15, -0.1) is 0 Å². The molecule has 4 nitrogen and oxygen atoms in total. The van der Waals surface area contributed by atoms with Gasteiger partial charge in [0, 0.05) is 9.13 Å². The maximum atomic E-state index is 13.3. The van der Waals surface area contributed by atoms with Crippen LogP contribution < -0.4 is 5.56 Å². The van der Waals surface area contributed by atoms with E-state index < -0.39 is 17.3 Å². The van der Waals surface area contributed by atoms with Crippen LogP contribution in [0, 0.1) is 14.2 Å². The number of hydrogen-bond donors (Lipinski definition) is 1. The molecule has 0 atom stereocenters. The normalized spacial score (nSPS) is 10.8. The highest BCUT2D eigenvalue weighted by Crippen LogP contribution is 2.13. The van der Waals surface area contributed by atoms with Gasteiger partial charge in [0.1, 0.15) is 5.82 Å². The number of nitrogens with one attached hydrogen (secondary N) is 1. The van der Waals surface area contributed by atoms with Crippen LogP contribution in [-0.4, -0.2) is 15.5 Å². The van der Waals surface area contributed by atoms with Crippen LogP contribution in [-0.2, 0) is 0 Å². The van der Waals surface area contributed by atoms with Crippen molar-refractivity contribution in [2.75, 3.05) is 0 Å². The lowest BCUT2D eigenvalue weighted by Crippen LogP contribution is -2.29. The number of halogens is 2. The Labute approximate surface area is 142 Å². The second-order valence-electron chi connectivity index (χ2n) is 4.58. The molecule has 0 aliphatic rings. The Hall–Kier alpha value is -1.87. The van der Waals surface area contributed by atoms with Gasteiger partial charge < -0.3 is 4.98 Å². The maximum absolute atomic E-state index is 13.3. The van der Waals surface area contributed by atoms with E-state index in [9.17, 15) is 14.0 Å². The first-order valence-electron chi connectivity index (χ1n) is 6.22. The molecule has 2 aromatic carbocycles. The smallest absolute Gasteiger partial charge is 0.269 e. The van der Waals surface area contributed by atoms with Crippen molar-refractivity contribution in [3.05, 3.63) is 72.5 Å². The van der Waals surface area contributed by atoms with Gasteiger partial charge in [-0.05, 0) is 71.2 Å². The van der Waals surface area contributed by atoms with Gasteiger partial charge in [-0.1, -0.05) is 6.07 Å². The third-order valence-electron chi connectivity index (χ3n) is 3.13. The molecular formula is C15H8FIN2O2S. The van der Waals surface area contributed by atoms with E-state index in [1.165, 1.54) is 18.2 Å². The lowest BCUT2D eigenvalue weighted by atomic mass is 10.2. The van der Waals surface area contributed by atoms with Crippen LogP contribution in [0.25, 0.3) is 10.9 Å². The van der Waals surface area contributed by atoms with E-state index in [1.54, 1.807) is 12.1 Å². The molecule has 7 heteroatoms. The summed E-state index contributed by atoms with van der Waals surface area (Å²) in [6.45, 7) is 0. The van der Waals surface area contributed by atoms with Gasteiger partial charge in [0.05, 0.1) is 10.9 Å². The minimum absolute atomic E-state index is 0.0204. The zero-order valence-electron chi connectivity index (χ0n) is 11.0. The number of benzene rings is 2. The minimum atomic E-state index is -0.661. The zero-order chi connectivity index (χ0) is 15.9. The molecule has 1 heterocycles. The van der Waals surface area contributed by atoms with Gasteiger partial charge in [0.15, 0.2) is 4.77 Å². The fraction of sp³-hybridized carbons (Fsp3) is 0. The topological polar surface area (TPSA) is 54.9 Å². The molecule has 110 valence electrons. The Bertz CT molecular complexity index is 1030. The molecule has 0 aliphatic heterocycles. The molecule has 0 fully saturated rings. The van der Waals surface area contributed by atoms with Crippen molar-refractivity contribution in [2.24, 2.45) is 0 Å². The predicted octanol–water partition coefficient (Wildman–Crippen LogP) is 3.49. The van der Waals surface area contributed by atoms with Crippen molar-refractivity contribution in [1.29, 1.82) is 0 Å². The first-order valence-corrected chi connectivity index (χ1v) is 7.71. The molecule has 0 spiro atoms. The minimum Gasteiger partial charge on any atom is -0.331 e. The summed E-state index contributed by atoms with van der Waals surface area (Å²) in [7, 11) is 0. The van der Waals surface area contributed by atoms with Crippen molar-refractivity contribution >= 4 is 51.6 Å². The lowest BCUT2D eigenvalue weighted by molar-refractivity contribution is 0.0953. The molecule has 0 aliphatic carbocycles. The van der Waals surface area contributed by atoms with Gasteiger partial charge >= 0.3 is 0 Å². The molecule has 3 rings (SSSR count). The molecule has 1 N–H and O–H groups in total. The second-order valence-corrected chi connectivity index (χ2v) is 6.21. The van der Waals surface area contributed by atoms with E-state index in [0.29, 0.717) is 10.9 Å². The van der Waals surface area contributed by atoms with E-state index in [-0.39, 0.29) is 10.3 Å². The molecule has 0 saturated carbocycles. The monoisotopic (exact) mass is 426 g/mol. The Balaban J connectivity index is 2.29. The number of rotatable bonds is 1. The van der Waals surface area contributed by atoms with Crippen LogP contribution in [0.2, 0.25) is 0 Å². The van der Waals surface area contributed by atoms with Crippen molar-refractivity contribution in [3.63, 3.8) is 0 Å². The number of nitrogens with zero attached hydrogens (tertiary/aromatic N) is 1. The van der Waals surface area contributed by atoms with Crippen LogP contribution in [0.5, 0.6) is 0 Å². The summed E-state index contributed by atoms with van der Waals surface area (Å²) in [5, 5.41) is 0.352. The first-order chi connectivity index (χ1) is 10.5. The average Bonchev–Trinajstić information content (AvgIpc) is 2.48. The number of H-pyrrole nitrogens is 1. The van der Waals surface area contributed by atoms with Crippen LogP contribution in [0.3, 0.4) is 0 Å². The summed E-state index contributed by atoms with van der Waals surface area (Å²) in [6.07, 6.45) is 0. The van der Waals surface area contributed by atoms with Gasteiger partial charge in [0.2, 0.25) is 0 Å². The van der Waals surface area contributed by atoms with E-state index in [1.807, 2.05) is 6.07 Å². The summed E-state index contributed by atoms with van der Waals surface area (Å²) in [6, 6.07) is 10.4. The molecular weight excluding hydrogens is 418 g/mol. The fourth-order valence-electron chi connectivity index (χ4n) is 2.12. The zero-order valence-corrected chi connectivity index (χ0v) is 13.9. The summed E-state index contributed by atoms with van der Waals surface area (Å²) in [4.78, 5) is 27.9. The number of aromatic nitrogens is 2. The molecule has 1 aromatic heterocycles. The van der Waals surface area contributed by atoms with Crippen LogP contribution in [0.15, 0.2) is 47.3 Å². The van der Waals surface area contributed by atoms with Crippen molar-refractivity contribution in [1.82, 2.24) is 9.55 Å².